The van der Waals surface area contributed by atoms with Crippen LogP contribution >= 0.6 is 11.6 Å². The minimum atomic E-state index is -0.0846. The molecule has 1 aliphatic rings. The lowest BCUT2D eigenvalue weighted by atomic mass is 9.95. The maximum absolute atomic E-state index is 6.23. The summed E-state index contributed by atoms with van der Waals surface area (Å²) in [6, 6.07) is 0. The van der Waals surface area contributed by atoms with Gasteiger partial charge in [-0.1, -0.05) is 11.6 Å². The molecule has 1 fully saturated rings. The molecule has 0 bridgehead atoms. The second-order valence-corrected chi connectivity index (χ2v) is 6.26. The Labute approximate surface area is 129 Å². The van der Waals surface area contributed by atoms with Crippen molar-refractivity contribution in [1.82, 2.24) is 24.6 Å². The number of likely N-dealkylation sites (tertiary alicyclic amines) is 1. The number of piperidine rings is 1. The van der Waals surface area contributed by atoms with E-state index < -0.39 is 0 Å². The Bertz CT molecular complexity index is 658. The number of rotatable bonds is 3. The fourth-order valence-electron chi connectivity index (χ4n) is 2.91. The number of hydrogen-bond donors (Lipinski definition) is 0. The maximum Gasteiger partial charge on any atom is 0.162 e. The lowest BCUT2D eigenvalue weighted by Crippen LogP contribution is -2.47. The van der Waals surface area contributed by atoms with E-state index >= 15 is 0 Å². The zero-order valence-electron chi connectivity index (χ0n) is 12.6. The van der Waals surface area contributed by atoms with Crippen LogP contribution in [0.4, 0.5) is 0 Å². The highest BCUT2D eigenvalue weighted by molar-refractivity contribution is 6.33. The molecule has 2 aromatic rings. The SMILES string of the molecule is COC1(C)CCCN(Cc2nc(Cl)c3cnn(C)c3n2)C1. The van der Waals surface area contributed by atoms with E-state index in [1.165, 1.54) is 0 Å². The van der Waals surface area contributed by atoms with Crippen LogP contribution in [0.5, 0.6) is 0 Å². The summed E-state index contributed by atoms with van der Waals surface area (Å²) in [4.78, 5) is 11.3. The summed E-state index contributed by atoms with van der Waals surface area (Å²) in [6.07, 6.45) is 3.90. The first-order chi connectivity index (χ1) is 10.0. The largest absolute Gasteiger partial charge is 0.377 e. The van der Waals surface area contributed by atoms with Crippen molar-refractivity contribution in [2.45, 2.75) is 31.9 Å². The fraction of sp³-hybridized carbons (Fsp3) is 0.643. The van der Waals surface area contributed by atoms with Crippen molar-refractivity contribution in [3.05, 3.63) is 17.2 Å². The van der Waals surface area contributed by atoms with Gasteiger partial charge in [0.1, 0.15) is 11.0 Å². The third-order valence-electron chi connectivity index (χ3n) is 4.19. The normalized spacial score (nSPS) is 23.8. The van der Waals surface area contributed by atoms with Crippen molar-refractivity contribution in [3.63, 3.8) is 0 Å². The van der Waals surface area contributed by atoms with E-state index in [4.69, 9.17) is 16.3 Å². The Kier molecular flexibility index (Phi) is 3.86. The van der Waals surface area contributed by atoms with Crippen LogP contribution in [0.25, 0.3) is 11.0 Å². The number of fused-ring (bicyclic) bond motifs is 1. The first kappa shape index (κ1) is 14.7. The first-order valence-electron chi connectivity index (χ1n) is 7.12. The van der Waals surface area contributed by atoms with Crippen LogP contribution in [0.15, 0.2) is 6.20 Å². The van der Waals surface area contributed by atoms with Crippen molar-refractivity contribution in [2.24, 2.45) is 7.05 Å². The van der Waals surface area contributed by atoms with Gasteiger partial charge in [0.25, 0.3) is 0 Å². The molecule has 3 heterocycles. The summed E-state index contributed by atoms with van der Waals surface area (Å²) in [5.41, 5.74) is 0.690. The maximum atomic E-state index is 6.23. The Morgan fingerprint density at radius 2 is 2.24 bits per heavy atom. The average Bonchev–Trinajstić information content (AvgIpc) is 2.81. The first-order valence-corrected chi connectivity index (χ1v) is 7.50. The molecule has 6 nitrogen and oxygen atoms in total. The zero-order valence-corrected chi connectivity index (χ0v) is 13.4. The van der Waals surface area contributed by atoms with Gasteiger partial charge in [-0.3, -0.25) is 9.58 Å². The molecule has 0 amide bonds. The third kappa shape index (κ3) is 2.88. The minimum absolute atomic E-state index is 0.0846. The quantitative estimate of drug-likeness (QED) is 0.812. The molecule has 1 saturated heterocycles. The summed E-state index contributed by atoms with van der Waals surface area (Å²) in [5.74, 6) is 0.733. The molecular weight excluding hydrogens is 290 g/mol. The smallest absolute Gasteiger partial charge is 0.162 e. The van der Waals surface area contributed by atoms with Gasteiger partial charge < -0.3 is 4.74 Å². The van der Waals surface area contributed by atoms with E-state index in [9.17, 15) is 0 Å². The van der Waals surface area contributed by atoms with E-state index in [0.29, 0.717) is 11.7 Å². The molecule has 0 saturated carbocycles. The molecule has 0 radical (unpaired) electrons. The predicted octanol–water partition coefficient (Wildman–Crippen LogP) is 2.02. The highest BCUT2D eigenvalue weighted by Crippen LogP contribution is 2.25. The van der Waals surface area contributed by atoms with Crippen molar-refractivity contribution in [3.8, 4) is 0 Å². The fourth-order valence-corrected chi connectivity index (χ4v) is 3.14. The van der Waals surface area contributed by atoms with E-state index in [1.54, 1.807) is 18.0 Å². The average molecular weight is 310 g/mol. The summed E-state index contributed by atoms with van der Waals surface area (Å²) in [6.45, 7) is 4.74. The van der Waals surface area contributed by atoms with Gasteiger partial charge >= 0.3 is 0 Å². The summed E-state index contributed by atoms with van der Waals surface area (Å²) in [5, 5.41) is 5.44. The van der Waals surface area contributed by atoms with Gasteiger partial charge in [0.15, 0.2) is 5.65 Å². The lowest BCUT2D eigenvalue weighted by molar-refractivity contribution is -0.0531. The number of aromatic nitrogens is 4. The molecule has 0 aromatic carbocycles. The molecule has 0 N–H and O–H groups in total. The molecule has 1 atom stereocenters. The molecule has 2 aromatic heterocycles. The van der Waals surface area contributed by atoms with Gasteiger partial charge in [-0.05, 0) is 26.3 Å². The van der Waals surface area contributed by atoms with Gasteiger partial charge in [0.05, 0.1) is 23.7 Å². The molecule has 1 unspecified atom stereocenters. The highest BCUT2D eigenvalue weighted by Gasteiger charge is 2.31. The summed E-state index contributed by atoms with van der Waals surface area (Å²) >= 11 is 6.23. The van der Waals surface area contributed by atoms with Crippen LogP contribution < -0.4 is 0 Å². The van der Waals surface area contributed by atoms with Gasteiger partial charge in [-0.2, -0.15) is 5.10 Å². The highest BCUT2D eigenvalue weighted by atomic mass is 35.5. The van der Waals surface area contributed by atoms with Gasteiger partial charge in [-0.15, -0.1) is 0 Å². The molecule has 1 aliphatic heterocycles. The summed E-state index contributed by atoms with van der Waals surface area (Å²) < 4.78 is 7.35. The topological polar surface area (TPSA) is 56.1 Å². The Balaban J connectivity index is 1.83. The van der Waals surface area contributed by atoms with Gasteiger partial charge in [-0.25, -0.2) is 9.97 Å². The van der Waals surface area contributed by atoms with Crippen LogP contribution in [0.2, 0.25) is 5.15 Å². The standard InChI is InChI=1S/C14H20ClN5O/c1-14(21-3)5-4-6-20(9-14)8-11-17-12(15)10-7-16-19(2)13(10)18-11/h7H,4-6,8-9H2,1-3H3. The van der Waals surface area contributed by atoms with Crippen LogP contribution in [-0.4, -0.2) is 50.4 Å². The number of ether oxygens (including phenoxy) is 1. The Morgan fingerprint density at radius 1 is 1.43 bits per heavy atom. The third-order valence-corrected chi connectivity index (χ3v) is 4.48. The number of aryl methyl sites for hydroxylation is 1. The van der Waals surface area contributed by atoms with E-state index in [0.717, 1.165) is 42.8 Å². The second kappa shape index (κ2) is 5.51. The summed E-state index contributed by atoms with van der Waals surface area (Å²) in [7, 11) is 3.64. The monoisotopic (exact) mass is 309 g/mol. The lowest BCUT2D eigenvalue weighted by Gasteiger charge is -2.39. The molecule has 3 rings (SSSR count). The van der Waals surface area contributed by atoms with Crippen LogP contribution in [-0.2, 0) is 18.3 Å². The van der Waals surface area contributed by atoms with Crippen molar-refractivity contribution in [1.29, 1.82) is 0 Å². The Morgan fingerprint density at radius 3 is 3.00 bits per heavy atom. The molecule has 114 valence electrons. The number of methoxy groups -OCH3 is 1. The molecule has 0 spiro atoms. The van der Waals surface area contributed by atoms with Crippen LogP contribution in [0, 0.1) is 0 Å². The van der Waals surface area contributed by atoms with E-state index in [1.807, 2.05) is 7.05 Å². The van der Waals surface area contributed by atoms with Gasteiger partial charge in [0.2, 0.25) is 0 Å². The van der Waals surface area contributed by atoms with E-state index in [2.05, 4.69) is 26.9 Å². The Hall–Kier alpha value is -1.24. The molecular formula is C14H20ClN5O. The number of halogens is 1. The molecule has 0 aliphatic carbocycles. The predicted molar refractivity (Wildman–Crippen MR) is 81.2 cm³/mol. The van der Waals surface area contributed by atoms with Gasteiger partial charge in [0, 0.05) is 20.7 Å². The van der Waals surface area contributed by atoms with Crippen LogP contribution in [0.1, 0.15) is 25.6 Å². The van der Waals surface area contributed by atoms with Crippen LogP contribution in [0.3, 0.4) is 0 Å². The molecule has 21 heavy (non-hydrogen) atoms. The zero-order chi connectivity index (χ0) is 15.0. The van der Waals surface area contributed by atoms with Crippen molar-refractivity contribution in [2.75, 3.05) is 20.2 Å². The van der Waals surface area contributed by atoms with Crippen molar-refractivity contribution >= 4 is 22.6 Å². The van der Waals surface area contributed by atoms with Crippen molar-refractivity contribution < 1.29 is 4.74 Å². The number of nitrogens with zero attached hydrogens (tertiary/aromatic N) is 5. The minimum Gasteiger partial charge on any atom is -0.377 e. The van der Waals surface area contributed by atoms with E-state index in [-0.39, 0.29) is 5.60 Å². The molecule has 7 heteroatoms. The number of hydrogen-bond acceptors (Lipinski definition) is 5. The second-order valence-electron chi connectivity index (χ2n) is 5.90.